The molecule has 1 aliphatic carbocycles. The van der Waals surface area contributed by atoms with Crippen LogP contribution in [0.3, 0.4) is 0 Å². The van der Waals surface area contributed by atoms with E-state index in [0.29, 0.717) is 0 Å². The molecule has 1 aromatic rings. The molecule has 14 heavy (non-hydrogen) atoms. The molecule has 0 radical (unpaired) electrons. The van der Waals surface area contributed by atoms with Crippen molar-refractivity contribution in [1.82, 2.24) is 4.98 Å². The van der Waals surface area contributed by atoms with Gasteiger partial charge in [0.25, 0.3) is 6.43 Å². The van der Waals surface area contributed by atoms with E-state index in [4.69, 9.17) is 5.11 Å². The fraction of sp³-hybridized carbons (Fsp3) is 0.500. The Labute approximate surface area is 80.6 Å². The number of pyridine rings is 1. The molecule has 0 aromatic carbocycles. The zero-order valence-corrected chi connectivity index (χ0v) is 7.53. The van der Waals surface area contributed by atoms with Crippen LogP contribution in [0, 0.1) is 5.92 Å². The van der Waals surface area contributed by atoms with E-state index < -0.39 is 6.43 Å². The highest BCUT2D eigenvalue weighted by Crippen LogP contribution is 2.46. The van der Waals surface area contributed by atoms with E-state index >= 15 is 0 Å². The molecule has 0 saturated heterocycles. The summed E-state index contributed by atoms with van der Waals surface area (Å²) < 4.78 is 24.4. The minimum Gasteiger partial charge on any atom is -0.396 e. The molecule has 1 heterocycles. The van der Waals surface area contributed by atoms with Crippen LogP contribution in [0.4, 0.5) is 8.78 Å². The van der Waals surface area contributed by atoms with Gasteiger partial charge in [-0.3, -0.25) is 4.98 Å². The lowest BCUT2D eigenvalue weighted by Gasteiger charge is -2.01. The number of hydrogen-bond acceptors (Lipinski definition) is 2. The maximum Gasteiger partial charge on any atom is 0.265 e. The molecule has 2 nitrogen and oxygen atoms in total. The van der Waals surface area contributed by atoms with Crippen LogP contribution in [-0.2, 0) is 0 Å². The van der Waals surface area contributed by atoms with Gasteiger partial charge in [-0.05, 0) is 24.5 Å². The molecule has 1 aliphatic rings. The molecule has 0 amide bonds. The highest BCUT2D eigenvalue weighted by atomic mass is 19.3. The number of alkyl halides is 2. The molecule has 2 rings (SSSR count). The fourth-order valence-corrected chi connectivity index (χ4v) is 1.58. The second kappa shape index (κ2) is 3.61. The zero-order valence-electron chi connectivity index (χ0n) is 7.53. The first-order chi connectivity index (χ1) is 6.72. The van der Waals surface area contributed by atoms with Crippen LogP contribution < -0.4 is 0 Å². The number of aliphatic hydroxyl groups excluding tert-OH is 1. The predicted molar refractivity (Wildman–Crippen MR) is 47.1 cm³/mol. The van der Waals surface area contributed by atoms with Crippen molar-refractivity contribution < 1.29 is 13.9 Å². The molecule has 1 fully saturated rings. The van der Waals surface area contributed by atoms with Crippen LogP contribution in [0.15, 0.2) is 18.3 Å². The van der Waals surface area contributed by atoms with E-state index in [2.05, 4.69) is 4.98 Å². The summed E-state index contributed by atoms with van der Waals surface area (Å²) in [6.45, 7) is 0.156. The summed E-state index contributed by atoms with van der Waals surface area (Å²) in [5.74, 6) is 0.548. The smallest absolute Gasteiger partial charge is 0.265 e. The summed E-state index contributed by atoms with van der Waals surface area (Å²) in [6, 6.07) is 3.03. The van der Waals surface area contributed by atoms with Gasteiger partial charge in [0.1, 0.15) is 0 Å². The SMILES string of the molecule is OCC1CC1c1ccc(C(F)F)cn1. The van der Waals surface area contributed by atoms with Gasteiger partial charge in [0, 0.05) is 30.0 Å². The topological polar surface area (TPSA) is 33.1 Å². The molecule has 2 atom stereocenters. The predicted octanol–water partition coefficient (Wildman–Crippen LogP) is 2.12. The average Bonchev–Trinajstić information content (AvgIpc) is 2.97. The van der Waals surface area contributed by atoms with Gasteiger partial charge in [-0.15, -0.1) is 0 Å². The van der Waals surface area contributed by atoms with E-state index in [1.54, 1.807) is 6.07 Å². The molecule has 0 aliphatic heterocycles. The number of aromatic nitrogens is 1. The number of hydrogen-bond donors (Lipinski definition) is 1. The summed E-state index contributed by atoms with van der Waals surface area (Å²) in [6.07, 6.45) is -0.325. The Balaban J connectivity index is 2.08. The second-order valence-electron chi connectivity index (χ2n) is 3.60. The number of aliphatic hydroxyl groups is 1. The normalized spacial score (nSPS) is 25.4. The first-order valence-electron chi connectivity index (χ1n) is 4.57. The quantitative estimate of drug-likeness (QED) is 0.808. The van der Waals surface area contributed by atoms with Crippen molar-refractivity contribution in [3.63, 3.8) is 0 Å². The molecular weight excluding hydrogens is 188 g/mol. The Hall–Kier alpha value is -1.03. The summed E-state index contributed by atoms with van der Waals surface area (Å²) in [5, 5.41) is 8.83. The van der Waals surface area contributed by atoms with Gasteiger partial charge in [0.15, 0.2) is 0 Å². The van der Waals surface area contributed by atoms with Gasteiger partial charge < -0.3 is 5.11 Å². The van der Waals surface area contributed by atoms with Crippen LogP contribution in [-0.4, -0.2) is 16.7 Å². The zero-order chi connectivity index (χ0) is 10.1. The van der Waals surface area contributed by atoms with Gasteiger partial charge in [0.05, 0.1) is 0 Å². The van der Waals surface area contributed by atoms with Gasteiger partial charge in [-0.1, -0.05) is 0 Å². The molecule has 0 bridgehead atoms. The number of halogens is 2. The summed E-state index contributed by atoms with van der Waals surface area (Å²) >= 11 is 0. The molecular formula is C10H11F2NO. The lowest BCUT2D eigenvalue weighted by molar-refractivity contribution is 0.151. The number of rotatable bonds is 3. The molecule has 1 aromatic heterocycles. The van der Waals surface area contributed by atoms with E-state index in [9.17, 15) is 8.78 Å². The summed E-state index contributed by atoms with van der Waals surface area (Å²) in [4.78, 5) is 3.97. The lowest BCUT2D eigenvalue weighted by Crippen LogP contribution is -1.93. The van der Waals surface area contributed by atoms with E-state index in [0.717, 1.165) is 12.1 Å². The minimum atomic E-state index is -2.45. The summed E-state index contributed by atoms with van der Waals surface area (Å²) in [7, 11) is 0. The van der Waals surface area contributed by atoms with Crippen molar-refractivity contribution in [3.8, 4) is 0 Å². The van der Waals surface area contributed by atoms with Crippen LogP contribution in [0.1, 0.15) is 30.0 Å². The molecule has 76 valence electrons. The Kier molecular flexibility index (Phi) is 2.46. The Morgan fingerprint density at radius 2 is 2.29 bits per heavy atom. The third-order valence-electron chi connectivity index (χ3n) is 2.60. The molecule has 4 heteroatoms. The third kappa shape index (κ3) is 1.75. The van der Waals surface area contributed by atoms with Gasteiger partial charge in [-0.2, -0.15) is 0 Å². The third-order valence-corrected chi connectivity index (χ3v) is 2.60. The van der Waals surface area contributed by atoms with Crippen molar-refractivity contribution in [1.29, 1.82) is 0 Å². The Morgan fingerprint density at radius 1 is 1.50 bits per heavy atom. The maximum absolute atomic E-state index is 12.2. The van der Waals surface area contributed by atoms with Crippen molar-refractivity contribution in [2.45, 2.75) is 18.8 Å². The molecule has 0 spiro atoms. The van der Waals surface area contributed by atoms with E-state index in [1.165, 1.54) is 12.3 Å². The van der Waals surface area contributed by atoms with Crippen molar-refractivity contribution in [3.05, 3.63) is 29.6 Å². The molecule has 2 unspecified atom stereocenters. The van der Waals surface area contributed by atoms with Crippen LogP contribution in [0.2, 0.25) is 0 Å². The van der Waals surface area contributed by atoms with Gasteiger partial charge >= 0.3 is 0 Å². The standard InChI is InChI=1S/C10H11F2NO/c11-10(12)6-1-2-9(13-4-6)8-3-7(8)5-14/h1-2,4,7-8,10,14H,3,5H2. The maximum atomic E-state index is 12.2. The van der Waals surface area contributed by atoms with Crippen molar-refractivity contribution in [2.75, 3.05) is 6.61 Å². The second-order valence-corrected chi connectivity index (χ2v) is 3.60. The summed E-state index contributed by atoms with van der Waals surface area (Å²) in [5.41, 5.74) is 0.767. The fourth-order valence-electron chi connectivity index (χ4n) is 1.58. The Bertz CT molecular complexity index is 312. The number of nitrogens with zero attached hydrogens (tertiary/aromatic N) is 1. The highest BCUT2D eigenvalue weighted by Gasteiger charge is 2.38. The van der Waals surface area contributed by atoms with Gasteiger partial charge in [-0.25, -0.2) is 8.78 Å². The highest BCUT2D eigenvalue weighted by molar-refractivity contribution is 5.22. The van der Waals surface area contributed by atoms with Crippen LogP contribution >= 0.6 is 0 Å². The van der Waals surface area contributed by atoms with Crippen LogP contribution in [0.5, 0.6) is 0 Å². The molecule has 1 saturated carbocycles. The molecule has 1 N–H and O–H groups in total. The monoisotopic (exact) mass is 199 g/mol. The first-order valence-corrected chi connectivity index (χ1v) is 4.57. The Morgan fingerprint density at radius 3 is 2.71 bits per heavy atom. The lowest BCUT2D eigenvalue weighted by atomic mass is 10.2. The van der Waals surface area contributed by atoms with Crippen molar-refractivity contribution in [2.24, 2.45) is 5.92 Å². The van der Waals surface area contributed by atoms with Gasteiger partial charge in [0.2, 0.25) is 0 Å². The van der Waals surface area contributed by atoms with E-state index in [1.807, 2.05) is 0 Å². The van der Waals surface area contributed by atoms with Crippen LogP contribution in [0.25, 0.3) is 0 Å². The van der Waals surface area contributed by atoms with Crippen molar-refractivity contribution >= 4 is 0 Å². The largest absolute Gasteiger partial charge is 0.396 e. The average molecular weight is 199 g/mol. The first kappa shape index (κ1) is 9.52. The minimum absolute atomic E-state index is 0.0463. The van der Waals surface area contributed by atoms with E-state index in [-0.39, 0.29) is 24.0 Å².